The van der Waals surface area contributed by atoms with Crippen molar-refractivity contribution in [1.82, 2.24) is 15.1 Å². The first-order valence-corrected chi connectivity index (χ1v) is 11.3. The van der Waals surface area contributed by atoms with Crippen molar-refractivity contribution in [3.63, 3.8) is 0 Å². The third-order valence-electron chi connectivity index (χ3n) is 5.51. The Kier molecular flexibility index (Phi) is 7.30. The van der Waals surface area contributed by atoms with Crippen LogP contribution < -0.4 is 5.32 Å². The van der Waals surface area contributed by atoms with E-state index in [4.69, 9.17) is 0 Å². The van der Waals surface area contributed by atoms with E-state index in [0.717, 1.165) is 35.1 Å². The number of fused-ring (bicyclic) bond motifs is 1. The van der Waals surface area contributed by atoms with Crippen LogP contribution in [0.25, 0.3) is 23.1 Å². The van der Waals surface area contributed by atoms with Crippen molar-refractivity contribution >= 4 is 40.4 Å². The molecule has 0 saturated carbocycles. The fourth-order valence-electron chi connectivity index (χ4n) is 3.73. The fraction of sp³-hybridized carbons (Fsp3) is 0.179. The fourth-order valence-corrected chi connectivity index (χ4v) is 3.73. The van der Waals surface area contributed by atoms with Crippen LogP contribution in [0.4, 0.5) is 5.69 Å². The smallest absolute Gasteiger partial charge is 0.224 e. The molecule has 34 heavy (non-hydrogen) atoms. The van der Waals surface area contributed by atoms with Crippen LogP contribution in [0.15, 0.2) is 72.8 Å². The SMILES string of the molecule is CN(C)CCCC(=O)Nc1cccc(C(=O)c2ccc3c(/C=C/c4ccccc4)n[nH]c3c2)c1. The van der Waals surface area contributed by atoms with E-state index in [0.29, 0.717) is 23.2 Å². The van der Waals surface area contributed by atoms with E-state index in [1.54, 1.807) is 24.3 Å². The number of hydrogen-bond acceptors (Lipinski definition) is 4. The quantitative estimate of drug-likeness (QED) is 0.340. The lowest BCUT2D eigenvalue weighted by Crippen LogP contribution is -2.17. The molecule has 0 bridgehead atoms. The molecular formula is C28H28N4O2. The van der Waals surface area contributed by atoms with Gasteiger partial charge in [-0.15, -0.1) is 0 Å². The minimum atomic E-state index is -0.110. The Morgan fingerprint density at radius 2 is 1.74 bits per heavy atom. The van der Waals surface area contributed by atoms with Crippen LogP contribution in [-0.2, 0) is 4.79 Å². The van der Waals surface area contributed by atoms with Gasteiger partial charge < -0.3 is 10.2 Å². The predicted octanol–water partition coefficient (Wildman–Crippen LogP) is 5.24. The summed E-state index contributed by atoms with van der Waals surface area (Å²) in [5, 5.41) is 11.3. The number of rotatable bonds is 9. The Balaban J connectivity index is 1.47. The largest absolute Gasteiger partial charge is 0.326 e. The van der Waals surface area contributed by atoms with E-state index in [9.17, 15) is 9.59 Å². The first-order chi connectivity index (χ1) is 16.5. The average molecular weight is 453 g/mol. The molecule has 0 atom stereocenters. The molecule has 1 aromatic heterocycles. The number of ketones is 1. The van der Waals surface area contributed by atoms with Crippen molar-refractivity contribution in [3.05, 3.63) is 95.2 Å². The number of H-pyrrole nitrogens is 1. The molecule has 1 amide bonds. The molecule has 172 valence electrons. The van der Waals surface area contributed by atoms with E-state index in [2.05, 4.69) is 15.5 Å². The molecule has 6 nitrogen and oxygen atoms in total. The van der Waals surface area contributed by atoms with E-state index < -0.39 is 0 Å². The highest BCUT2D eigenvalue weighted by Crippen LogP contribution is 2.22. The van der Waals surface area contributed by atoms with Gasteiger partial charge in [0.2, 0.25) is 5.91 Å². The van der Waals surface area contributed by atoms with Gasteiger partial charge in [-0.1, -0.05) is 54.6 Å². The lowest BCUT2D eigenvalue weighted by Gasteiger charge is -2.10. The minimum absolute atomic E-state index is 0.0542. The topological polar surface area (TPSA) is 78.1 Å². The number of anilines is 1. The number of carbonyl (C=O) groups excluding carboxylic acids is 2. The molecule has 4 rings (SSSR count). The number of nitrogens with one attached hydrogen (secondary N) is 2. The lowest BCUT2D eigenvalue weighted by atomic mass is 10.0. The van der Waals surface area contributed by atoms with Crippen LogP contribution in [-0.4, -0.2) is 47.4 Å². The number of aromatic amines is 1. The molecule has 0 aliphatic carbocycles. The van der Waals surface area contributed by atoms with Crippen LogP contribution in [0.3, 0.4) is 0 Å². The summed E-state index contributed by atoms with van der Waals surface area (Å²) < 4.78 is 0. The van der Waals surface area contributed by atoms with Crippen molar-refractivity contribution in [2.75, 3.05) is 26.0 Å². The van der Waals surface area contributed by atoms with Gasteiger partial charge in [0.1, 0.15) is 0 Å². The summed E-state index contributed by atoms with van der Waals surface area (Å²) in [6, 6.07) is 22.6. The van der Waals surface area contributed by atoms with Crippen molar-refractivity contribution in [2.45, 2.75) is 12.8 Å². The van der Waals surface area contributed by atoms with Gasteiger partial charge in [-0.25, -0.2) is 0 Å². The maximum Gasteiger partial charge on any atom is 0.224 e. The van der Waals surface area contributed by atoms with Crippen molar-refractivity contribution < 1.29 is 9.59 Å². The number of aromatic nitrogens is 2. The van der Waals surface area contributed by atoms with Crippen molar-refractivity contribution in [2.24, 2.45) is 0 Å². The molecule has 6 heteroatoms. The number of nitrogens with zero attached hydrogens (tertiary/aromatic N) is 2. The number of amides is 1. The normalized spacial score (nSPS) is 11.4. The van der Waals surface area contributed by atoms with Crippen LogP contribution in [0.1, 0.15) is 40.0 Å². The van der Waals surface area contributed by atoms with Crippen LogP contribution in [0.5, 0.6) is 0 Å². The zero-order chi connectivity index (χ0) is 23.9. The van der Waals surface area contributed by atoms with Crippen molar-refractivity contribution in [3.8, 4) is 0 Å². The number of hydrogen-bond donors (Lipinski definition) is 2. The van der Waals surface area contributed by atoms with Gasteiger partial charge in [0.15, 0.2) is 5.78 Å². The van der Waals surface area contributed by atoms with Gasteiger partial charge in [-0.05, 0) is 63.0 Å². The molecule has 0 spiro atoms. The predicted molar refractivity (Wildman–Crippen MR) is 138 cm³/mol. The Morgan fingerprint density at radius 3 is 2.53 bits per heavy atom. The van der Waals surface area contributed by atoms with Crippen LogP contribution >= 0.6 is 0 Å². The molecule has 0 unspecified atom stereocenters. The second kappa shape index (κ2) is 10.7. The Labute approximate surface area is 199 Å². The molecule has 1 heterocycles. The molecule has 3 aromatic carbocycles. The summed E-state index contributed by atoms with van der Waals surface area (Å²) in [5.74, 6) is -0.164. The lowest BCUT2D eigenvalue weighted by molar-refractivity contribution is -0.116. The van der Waals surface area contributed by atoms with Crippen LogP contribution in [0.2, 0.25) is 0 Å². The van der Waals surface area contributed by atoms with Crippen molar-refractivity contribution in [1.29, 1.82) is 0 Å². The standard InChI is InChI=1S/C28H28N4O2/c1-32(2)17-7-12-27(33)29-23-11-6-10-21(18-23)28(34)22-14-15-24-25(30-31-26(24)19-22)16-13-20-8-4-3-5-9-20/h3-6,8-11,13-16,18-19H,7,12,17H2,1-2H3,(H,29,33)(H,30,31)/b16-13+. The second-order valence-electron chi connectivity index (χ2n) is 8.48. The third-order valence-corrected chi connectivity index (χ3v) is 5.51. The summed E-state index contributed by atoms with van der Waals surface area (Å²) in [4.78, 5) is 27.4. The van der Waals surface area contributed by atoms with Gasteiger partial charge >= 0.3 is 0 Å². The van der Waals surface area contributed by atoms with Gasteiger partial charge in [-0.3, -0.25) is 14.7 Å². The Bertz CT molecular complexity index is 1320. The summed E-state index contributed by atoms with van der Waals surface area (Å²) in [7, 11) is 3.96. The Morgan fingerprint density at radius 1 is 0.941 bits per heavy atom. The molecule has 0 fully saturated rings. The maximum absolute atomic E-state index is 13.1. The van der Waals surface area contributed by atoms with E-state index in [-0.39, 0.29) is 11.7 Å². The van der Waals surface area contributed by atoms with E-state index in [1.807, 2.05) is 79.7 Å². The van der Waals surface area contributed by atoms with Gasteiger partial charge in [0.25, 0.3) is 0 Å². The summed E-state index contributed by atoms with van der Waals surface area (Å²) in [5.41, 5.74) is 4.41. The average Bonchev–Trinajstić information content (AvgIpc) is 3.25. The highest BCUT2D eigenvalue weighted by atomic mass is 16.1. The molecule has 0 radical (unpaired) electrons. The molecular weight excluding hydrogens is 424 g/mol. The van der Waals surface area contributed by atoms with Gasteiger partial charge in [-0.2, -0.15) is 5.10 Å². The van der Waals surface area contributed by atoms with Gasteiger partial charge in [0, 0.05) is 28.6 Å². The first kappa shape index (κ1) is 23.1. The third kappa shape index (κ3) is 5.85. The highest BCUT2D eigenvalue weighted by Gasteiger charge is 2.13. The van der Waals surface area contributed by atoms with Gasteiger partial charge in [0.05, 0.1) is 11.2 Å². The summed E-state index contributed by atoms with van der Waals surface area (Å²) in [6.45, 7) is 0.853. The minimum Gasteiger partial charge on any atom is -0.326 e. The molecule has 2 N–H and O–H groups in total. The summed E-state index contributed by atoms with van der Waals surface area (Å²) in [6.07, 6.45) is 5.19. The highest BCUT2D eigenvalue weighted by molar-refractivity contribution is 6.11. The molecule has 0 saturated heterocycles. The zero-order valence-corrected chi connectivity index (χ0v) is 19.4. The summed E-state index contributed by atoms with van der Waals surface area (Å²) >= 11 is 0. The van der Waals surface area contributed by atoms with E-state index >= 15 is 0 Å². The molecule has 4 aromatic rings. The second-order valence-corrected chi connectivity index (χ2v) is 8.48. The molecule has 0 aliphatic rings. The Hall–Kier alpha value is -4.03. The number of benzene rings is 3. The number of carbonyl (C=O) groups is 2. The maximum atomic E-state index is 13.1. The monoisotopic (exact) mass is 452 g/mol. The van der Waals surface area contributed by atoms with E-state index in [1.165, 1.54) is 0 Å². The first-order valence-electron chi connectivity index (χ1n) is 11.3. The molecule has 0 aliphatic heterocycles. The zero-order valence-electron chi connectivity index (χ0n) is 19.4. The van der Waals surface area contributed by atoms with Crippen LogP contribution in [0, 0.1) is 0 Å².